The summed E-state index contributed by atoms with van der Waals surface area (Å²) in [7, 11) is 2.21. The van der Waals surface area contributed by atoms with Gasteiger partial charge in [0.2, 0.25) is 0 Å². The Bertz CT molecular complexity index is 186. The van der Waals surface area contributed by atoms with Gasteiger partial charge in [-0.1, -0.05) is 0 Å². The number of ether oxygens (including phenoxy) is 1. The maximum absolute atomic E-state index is 5.88. The molecule has 0 radical (unpaired) electrons. The minimum atomic E-state index is 0.545. The zero-order valence-electron chi connectivity index (χ0n) is 11.4. The molecule has 1 aliphatic rings. The van der Waals surface area contributed by atoms with E-state index in [9.17, 15) is 0 Å². The molecular formula is C13H28N2OS. The summed E-state index contributed by atoms with van der Waals surface area (Å²) in [6.45, 7) is 3.81. The molecule has 2 N–H and O–H groups in total. The number of rotatable bonds is 8. The Morgan fingerprint density at radius 1 is 1.53 bits per heavy atom. The van der Waals surface area contributed by atoms with Crippen molar-refractivity contribution >= 4 is 11.8 Å². The molecule has 0 aromatic heterocycles. The Hall–Kier alpha value is 0.230. The van der Waals surface area contributed by atoms with Crippen LogP contribution in [0, 0.1) is 5.92 Å². The van der Waals surface area contributed by atoms with Crippen LogP contribution in [0.1, 0.15) is 25.7 Å². The van der Waals surface area contributed by atoms with Crippen molar-refractivity contribution in [2.75, 3.05) is 45.4 Å². The van der Waals surface area contributed by atoms with Crippen LogP contribution in [0.2, 0.25) is 0 Å². The van der Waals surface area contributed by atoms with E-state index in [1.54, 1.807) is 0 Å². The highest BCUT2D eigenvalue weighted by molar-refractivity contribution is 7.98. The highest BCUT2D eigenvalue weighted by Gasteiger charge is 2.19. The van der Waals surface area contributed by atoms with E-state index in [2.05, 4.69) is 18.2 Å². The predicted octanol–water partition coefficient (Wildman–Crippen LogP) is 1.82. The molecule has 0 aliphatic carbocycles. The summed E-state index contributed by atoms with van der Waals surface area (Å²) in [6.07, 6.45) is 7.20. The Balaban J connectivity index is 2.23. The molecular weight excluding hydrogens is 232 g/mol. The average molecular weight is 260 g/mol. The molecule has 102 valence electrons. The Kier molecular flexibility index (Phi) is 8.27. The van der Waals surface area contributed by atoms with E-state index in [0.717, 1.165) is 26.3 Å². The van der Waals surface area contributed by atoms with Crippen molar-refractivity contribution in [3.63, 3.8) is 0 Å². The summed E-state index contributed by atoms with van der Waals surface area (Å²) in [5.41, 5.74) is 5.88. The Labute approximate surface area is 110 Å². The molecule has 1 rings (SSSR count). The highest BCUT2D eigenvalue weighted by atomic mass is 32.2. The van der Waals surface area contributed by atoms with Crippen LogP contribution >= 0.6 is 11.8 Å². The minimum Gasteiger partial charge on any atom is -0.381 e. The fourth-order valence-corrected chi connectivity index (χ4v) is 2.94. The molecule has 2 unspecified atom stereocenters. The van der Waals surface area contributed by atoms with E-state index in [-0.39, 0.29) is 0 Å². The monoisotopic (exact) mass is 260 g/mol. The van der Waals surface area contributed by atoms with Crippen molar-refractivity contribution in [1.82, 2.24) is 4.90 Å². The van der Waals surface area contributed by atoms with Crippen LogP contribution in [0.5, 0.6) is 0 Å². The number of nitrogens with zero attached hydrogens (tertiary/aromatic N) is 1. The minimum absolute atomic E-state index is 0.545. The molecule has 3 nitrogen and oxygen atoms in total. The van der Waals surface area contributed by atoms with Crippen molar-refractivity contribution in [2.24, 2.45) is 11.7 Å². The molecule has 0 aromatic carbocycles. The lowest BCUT2D eigenvalue weighted by atomic mass is 10.0. The lowest BCUT2D eigenvalue weighted by Crippen LogP contribution is -2.42. The van der Waals surface area contributed by atoms with Crippen LogP contribution in [0.4, 0.5) is 0 Å². The fourth-order valence-electron chi connectivity index (χ4n) is 2.49. The smallest absolute Gasteiger partial charge is 0.0506 e. The molecule has 1 fully saturated rings. The highest BCUT2D eigenvalue weighted by Crippen LogP contribution is 2.16. The van der Waals surface area contributed by atoms with E-state index in [0.29, 0.717) is 12.0 Å². The second-order valence-electron chi connectivity index (χ2n) is 5.05. The molecule has 2 atom stereocenters. The van der Waals surface area contributed by atoms with Crippen molar-refractivity contribution in [3.05, 3.63) is 0 Å². The van der Waals surface area contributed by atoms with Gasteiger partial charge in [-0.15, -0.1) is 0 Å². The van der Waals surface area contributed by atoms with Crippen LogP contribution < -0.4 is 5.73 Å². The van der Waals surface area contributed by atoms with Gasteiger partial charge >= 0.3 is 0 Å². The molecule has 0 spiro atoms. The second-order valence-corrected chi connectivity index (χ2v) is 6.03. The molecule has 0 saturated carbocycles. The van der Waals surface area contributed by atoms with E-state index >= 15 is 0 Å². The van der Waals surface area contributed by atoms with Crippen LogP contribution in [0.15, 0.2) is 0 Å². The average Bonchev–Trinajstić information content (AvgIpc) is 2.36. The van der Waals surface area contributed by atoms with Crippen LogP contribution in [-0.2, 0) is 4.74 Å². The first-order valence-electron chi connectivity index (χ1n) is 6.75. The first-order chi connectivity index (χ1) is 8.27. The Morgan fingerprint density at radius 3 is 2.94 bits per heavy atom. The first-order valence-corrected chi connectivity index (χ1v) is 8.14. The van der Waals surface area contributed by atoms with Crippen molar-refractivity contribution in [2.45, 2.75) is 31.7 Å². The van der Waals surface area contributed by atoms with Gasteiger partial charge < -0.3 is 15.4 Å². The predicted molar refractivity (Wildman–Crippen MR) is 76.6 cm³/mol. The van der Waals surface area contributed by atoms with Crippen molar-refractivity contribution in [1.29, 1.82) is 0 Å². The molecule has 0 bridgehead atoms. The zero-order valence-corrected chi connectivity index (χ0v) is 12.2. The summed E-state index contributed by atoms with van der Waals surface area (Å²) in [5.74, 6) is 1.96. The summed E-state index contributed by atoms with van der Waals surface area (Å²) < 4.78 is 5.53. The third-order valence-corrected chi connectivity index (χ3v) is 4.28. The van der Waals surface area contributed by atoms with Gasteiger partial charge in [0.1, 0.15) is 0 Å². The molecule has 1 saturated heterocycles. The normalized spacial score (nSPS) is 22.9. The zero-order chi connectivity index (χ0) is 12.5. The second kappa shape index (κ2) is 9.20. The lowest BCUT2D eigenvalue weighted by molar-refractivity contribution is 0.0360. The standard InChI is InChI=1S/C13H28N2OS/c1-15(10-12-5-3-7-16-11-12)13(9-14)6-4-8-17-2/h12-13H,3-11,14H2,1-2H3. The SMILES string of the molecule is CSCCCC(CN)N(C)CC1CCCOC1. The van der Waals surface area contributed by atoms with Gasteiger partial charge in [-0.25, -0.2) is 0 Å². The van der Waals surface area contributed by atoms with Gasteiger partial charge in [-0.3, -0.25) is 0 Å². The van der Waals surface area contributed by atoms with Crippen LogP contribution in [0.25, 0.3) is 0 Å². The van der Waals surface area contributed by atoms with Gasteiger partial charge in [-0.2, -0.15) is 11.8 Å². The molecule has 1 aliphatic heterocycles. The summed E-state index contributed by atoms with van der Waals surface area (Å²) >= 11 is 1.92. The van der Waals surface area contributed by atoms with Gasteiger partial charge in [0, 0.05) is 25.7 Å². The molecule has 17 heavy (non-hydrogen) atoms. The van der Waals surface area contributed by atoms with E-state index < -0.39 is 0 Å². The molecule has 0 amide bonds. The number of nitrogens with two attached hydrogens (primary N) is 1. The first kappa shape index (κ1) is 15.3. The molecule has 0 aromatic rings. The molecule has 1 heterocycles. The number of hydrogen-bond acceptors (Lipinski definition) is 4. The van der Waals surface area contributed by atoms with E-state index in [1.165, 1.54) is 31.4 Å². The van der Waals surface area contributed by atoms with Crippen molar-refractivity contribution < 1.29 is 4.74 Å². The number of likely N-dealkylation sites (N-methyl/N-ethyl adjacent to an activating group) is 1. The van der Waals surface area contributed by atoms with Gasteiger partial charge in [0.25, 0.3) is 0 Å². The van der Waals surface area contributed by atoms with Crippen molar-refractivity contribution in [3.8, 4) is 0 Å². The van der Waals surface area contributed by atoms with Gasteiger partial charge in [0.05, 0.1) is 6.61 Å². The number of thioether (sulfide) groups is 1. The summed E-state index contributed by atoms with van der Waals surface area (Å²) in [5, 5.41) is 0. The Morgan fingerprint density at radius 2 is 2.35 bits per heavy atom. The maximum atomic E-state index is 5.88. The summed E-state index contributed by atoms with van der Waals surface area (Å²) in [4.78, 5) is 2.44. The van der Waals surface area contributed by atoms with E-state index in [1.807, 2.05) is 11.8 Å². The lowest BCUT2D eigenvalue weighted by Gasteiger charge is -2.32. The molecule has 4 heteroatoms. The quantitative estimate of drug-likeness (QED) is 0.676. The maximum Gasteiger partial charge on any atom is 0.0506 e. The van der Waals surface area contributed by atoms with Gasteiger partial charge in [0.15, 0.2) is 0 Å². The van der Waals surface area contributed by atoms with E-state index in [4.69, 9.17) is 10.5 Å². The number of hydrogen-bond donors (Lipinski definition) is 1. The van der Waals surface area contributed by atoms with Gasteiger partial charge in [-0.05, 0) is 50.7 Å². The van der Waals surface area contributed by atoms with Crippen LogP contribution in [0.3, 0.4) is 0 Å². The summed E-state index contributed by atoms with van der Waals surface area (Å²) in [6, 6.07) is 0.545. The third kappa shape index (κ3) is 6.09. The fraction of sp³-hybridized carbons (Fsp3) is 1.00. The van der Waals surface area contributed by atoms with Crippen LogP contribution in [-0.4, -0.2) is 56.3 Å². The largest absolute Gasteiger partial charge is 0.381 e. The topological polar surface area (TPSA) is 38.5 Å². The third-order valence-electron chi connectivity index (χ3n) is 3.58.